The van der Waals surface area contributed by atoms with Crippen molar-refractivity contribution in [3.8, 4) is 5.75 Å². The van der Waals surface area contributed by atoms with Gasteiger partial charge >= 0.3 is 0 Å². The highest BCUT2D eigenvalue weighted by Gasteiger charge is 2.02. The van der Waals surface area contributed by atoms with E-state index in [0.29, 0.717) is 6.54 Å². The molecular weight excluding hydrogens is 164 g/mol. The molecule has 0 saturated carbocycles. The van der Waals surface area contributed by atoms with Crippen LogP contribution in [0, 0.1) is 6.92 Å². The summed E-state index contributed by atoms with van der Waals surface area (Å²) in [5.74, 6) is 0.872. The van der Waals surface area contributed by atoms with Crippen molar-refractivity contribution >= 4 is 0 Å². The summed E-state index contributed by atoms with van der Waals surface area (Å²) < 4.78 is 5.54. The number of aryl methyl sites for hydroxylation is 1. The molecule has 0 fully saturated rings. The fourth-order valence-electron chi connectivity index (χ4n) is 1.06. The smallest absolute Gasteiger partial charge is 0.127 e. The Balaban J connectivity index is 2.81. The monoisotopic (exact) mass is 180 g/mol. The van der Waals surface area contributed by atoms with Gasteiger partial charge < -0.3 is 10.5 Å². The van der Waals surface area contributed by atoms with Gasteiger partial charge in [-0.2, -0.15) is 0 Å². The van der Waals surface area contributed by atoms with Crippen LogP contribution < -0.4 is 10.5 Å². The SMILES string of the molecule is CCCOc1cc(C)ncc1CN. The highest BCUT2D eigenvalue weighted by molar-refractivity contribution is 5.32. The van der Waals surface area contributed by atoms with E-state index in [1.54, 1.807) is 6.20 Å². The molecule has 1 aromatic rings. The van der Waals surface area contributed by atoms with E-state index in [1.807, 2.05) is 13.0 Å². The number of rotatable bonds is 4. The maximum atomic E-state index is 5.55. The minimum Gasteiger partial charge on any atom is -0.493 e. The average molecular weight is 180 g/mol. The van der Waals surface area contributed by atoms with Crippen LogP contribution in [0.1, 0.15) is 24.6 Å². The Labute approximate surface area is 78.9 Å². The number of hydrogen-bond donors (Lipinski definition) is 1. The lowest BCUT2D eigenvalue weighted by atomic mass is 10.2. The second kappa shape index (κ2) is 4.82. The van der Waals surface area contributed by atoms with E-state index in [4.69, 9.17) is 10.5 Å². The van der Waals surface area contributed by atoms with Crippen molar-refractivity contribution in [1.29, 1.82) is 0 Å². The van der Waals surface area contributed by atoms with Crippen LogP contribution >= 0.6 is 0 Å². The van der Waals surface area contributed by atoms with Gasteiger partial charge in [0.05, 0.1) is 6.61 Å². The van der Waals surface area contributed by atoms with Crippen LogP contribution in [0.15, 0.2) is 12.3 Å². The molecule has 0 amide bonds. The molecule has 0 unspecified atom stereocenters. The molecule has 1 aromatic heterocycles. The minimum absolute atomic E-state index is 0.478. The highest BCUT2D eigenvalue weighted by Crippen LogP contribution is 2.17. The lowest BCUT2D eigenvalue weighted by molar-refractivity contribution is 0.313. The Morgan fingerprint density at radius 2 is 2.31 bits per heavy atom. The standard InChI is InChI=1S/C10H16N2O/c1-3-4-13-10-5-8(2)12-7-9(10)6-11/h5,7H,3-4,6,11H2,1-2H3. The molecule has 1 heterocycles. The molecule has 0 aliphatic heterocycles. The zero-order chi connectivity index (χ0) is 9.68. The van der Waals surface area contributed by atoms with Gasteiger partial charge in [-0.1, -0.05) is 6.92 Å². The van der Waals surface area contributed by atoms with E-state index >= 15 is 0 Å². The van der Waals surface area contributed by atoms with E-state index in [-0.39, 0.29) is 0 Å². The number of ether oxygens (including phenoxy) is 1. The molecule has 0 radical (unpaired) electrons. The molecule has 3 heteroatoms. The number of hydrogen-bond acceptors (Lipinski definition) is 3. The third kappa shape index (κ3) is 2.70. The van der Waals surface area contributed by atoms with E-state index in [2.05, 4.69) is 11.9 Å². The number of nitrogens with two attached hydrogens (primary N) is 1. The van der Waals surface area contributed by atoms with Gasteiger partial charge in [0.15, 0.2) is 0 Å². The molecular formula is C10H16N2O. The van der Waals surface area contributed by atoms with E-state index in [9.17, 15) is 0 Å². The van der Waals surface area contributed by atoms with Crippen LogP contribution in [-0.2, 0) is 6.54 Å². The molecule has 0 bridgehead atoms. The summed E-state index contributed by atoms with van der Waals surface area (Å²) in [6.07, 6.45) is 2.78. The van der Waals surface area contributed by atoms with Crippen molar-refractivity contribution in [2.24, 2.45) is 5.73 Å². The summed E-state index contributed by atoms with van der Waals surface area (Å²) in [5, 5.41) is 0. The maximum Gasteiger partial charge on any atom is 0.127 e. The zero-order valence-corrected chi connectivity index (χ0v) is 8.21. The van der Waals surface area contributed by atoms with Crippen molar-refractivity contribution in [3.63, 3.8) is 0 Å². The second-order valence-electron chi connectivity index (χ2n) is 2.99. The summed E-state index contributed by atoms with van der Waals surface area (Å²) in [7, 11) is 0. The van der Waals surface area contributed by atoms with Crippen molar-refractivity contribution in [2.45, 2.75) is 26.8 Å². The van der Waals surface area contributed by atoms with Gasteiger partial charge in [0, 0.05) is 30.1 Å². The van der Waals surface area contributed by atoms with Crippen LogP contribution in [-0.4, -0.2) is 11.6 Å². The van der Waals surface area contributed by atoms with Gasteiger partial charge in [-0.05, 0) is 13.3 Å². The molecule has 0 aliphatic rings. The molecule has 0 atom stereocenters. The van der Waals surface area contributed by atoms with E-state index < -0.39 is 0 Å². The molecule has 3 nitrogen and oxygen atoms in total. The molecule has 72 valence electrons. The van der Waals surface area contributed by atoms with Crippen LogP contribution in [0.3, 0.4) is 0 Å². The number of nitrogens with zero attached hydrogens (tertiary/aromatic N) is 1. The largest absolute Gasteiger partial charge is 0.493 e. The molecule has 0 spiro atoms. The van der Waals surface area contributed by atoms with Gasteiger partial charge in [-0.3, -0.25) is 4.98 Å². The maximum absolute atomic E-state index is 5.55. The normalized spacial score (nSPS) is 10.1. The molecule has 13 heavy (non-hydrogen) atoms. The second-order valence-corrected chi connectivity index (χ2v) is 2.99. The Morgan fingerprint density at radius 3 is 2.92 bits per heavy atom. The van der Waals surface area contributed by atoms with Crippen LogP contribution in [0.2, 0.25) is 0 Å². The first-order valence-corrected chi connectivity index (χ1v) is 4.56. The Hall–Kier alpha value is -1.09. The number of aromatic nitrogens is 1. The van der Waals surface area contributed by atoms with Crippen LogP contribution in [0.25, 0.3) is 0 Å². The topological polar surface area (TPSA) is 48.1 Å². The van der Waals surface area contributed by atoms with Crippen molar-refractivity contribution in [2.75, 3.05) is 6.61 Å². The predicted molar refractivity (Wildman–Crippen MR) is 52.7 cm³/mol. The van der Waals surface area contributed by atoms with Gasteiger partial charge in [0.25, 0.3) is 0 Å². The van der Waals surface area contributed by atoms with Crippen molar-refractivity contribution < 1.29 is 4.74 Å². The lowest BCUT2D eigenvalue weighted by Crippen LogP contribution is -2.04. The Kier molecular flexibility index (Phi) is 3.71. The zero-order valence-electron chi connectivity index (χ0n) is 8.21. The summed E-state index contributed by atoms with van der Waals surface area (Å²) in [6, 6.07) is 1.93. The third-order valence-corrected chi connectivity index (χ3v) is 1.76. The highest BCUT2D eigenvalue weighted by atomic mass is 16.5. The lowest BCUT2D eigenvalue weighted by Gasteiger charge is -2.09. The Bertz CT molecular complexity index is 274. The van der Waals surface area contributed by atoms with Crippen molar-refractivity contribution in [3.05, 3.63) is 23.5 Å². The summed E-state index contributed by atoms with van der Waals surface area (Å²) >= 11 is 0. The first-order chi connectivity index (χ1) is 6.27. The minimum atomic E-state index is 0.478. The van der Waals surface area contributed by atoms with E-state index in [1.165, 1.54) is 0 Å². The van der Waals surface area contributed by atoms with Gasteiger partial charge in [-0.25, -0.2) is 0 Å². The van der Waals surface area contributed by atoms with E-state index in [0.717, 1.165) is 30.0 Å². The molecule has 2 N–H and O–H groups in total. The van der Waals surface area contributed by atoms with Gasteiger partial charge in [-0.15, -0.1) is 0 Å². The summed E-state index contributed by atoms with van der Waals surface area (Å²) in [6.45, 7) is 5.23. The summed E-state index contributed by atoms with van der Waals surface area (Å²) in [5.41, 5.74) is 7.49. The fraction of sp³-hybridized carbons (Fsp3) is 0.500. The molecule has 0 aromatic carbocycles. The number of pyridine rings is 1. The summed E-state index contributed by atoms with van der Waals surface area (Å²) in [4.78, 5) is 4.16. The van der Waals surface area contributed by atoms with Gasteiger partial charge in [0.1, 0.15) is 5.75 Å². The van der Waals surface area contributed by atoms with Crippen molar-refractivity contribution in [1.82, 2.24) is 4.98 Å². The molecule has 0 aliphatic carbocycles. The van der Waals surface area contributed by atoms with Crippen LogP contribution in [0.4, 0.5) is 0 Å². The average Bonchev–Trinajstić information content (AvgIpc) is 2.15. The fourth-order valence-corrected chi connectivity index (χ4v) is 1.06. The quantitative estimate of drug-likeness (QED) is 0.766. The first-order valence-electron chi connectivity index (χ1n) is 4.56. The first kappa shape index (κ1) is 9.99. The van der Waals surface area contributed by atoms with Gasteiger partial charge in [0.2, 0.25) is 0 Å². The molecule has 0 saturated heterocycles. The predicted octanol–water partition coefficient (Wildman–Crippen LogP) is 1.64. The van der Waals surface area contributed by atoms with Crippen LogP contribution in [0.5, 0.6) is 5.75 Å². The Morgan fingerprint density at radius 1 is 1.54 bits per heavy atom. The molecule has 1 rings (SSSR count). The third-order valence-electron chi connectivity index (χ3n) is 1.76.